The first-order chi connectivity index (χ1) is 9.97. The van der Waals surface area contributed by atoms with Gasteiger partial charge in [-0.2, -0.15) is 0 Å². The van der Waals surface area contributed by atoms with Gasteiger partial charge in [-0.05, 0) is 86.0 Å². The highest BCUT2D eigenvalue weighted by atomic mass is 16.3. The molecule has 118 valence electrons. The van der Waals surface area contributed by atoms with Crippen LogP contribution in [0.3, 0.4) is 0 Å². The highest BCUT2D eigenvalue weighted by molar-refractivity contribution is 5.14. The average molecular weight is 290 g/mol. The van der Waals surface area contributed by atoms with Crippen molar-refractivity contribution in [3.05, 3.63) is 11.8 Å². The molecule has 7 atom stereocenters. The Hall–Kier alpha value is -0.500. The number of hydrogen-bond acceptors (Lipinski definition) is 2. The largest absolute Gasteiger partial charge is 0.512 e. The SMILES string of the molecule is CC1(C)CC(O)CC2CCC3C4CC=C(O)C4CCC3C21. The Bertz CT molecular complexity index is 452. The maximum absolute atomic E-state index is 10.2. The lowest BCUT2D eigenvalue weighted by molar-refractivity contribution is -0.109. The maximum atomic E-state index is 10.2. The van der Waals surface area contributed by atoms with E-state index in [0.717, 1.165) is 42.9 Å². The van der Waals surface area contributed by atoms with Gasteiger partial charge in [-0.25, -0.2) is 0 Å². The summed E-state index contributed by atoms with van der Waals surface area (Å²) in [5.74, 6) is 5.08. The van der Waals surface area contributed by atoms with Crippen LogP contribution in [0, 0.1) is 40.9 Å². The molecule has 4 aliphatic rings. The molecule has 0 aromatic carbocycles. The van der Waals surface area contributed by atoms with Crippen molar-refractivity contribution in [1.82, 2.24) is 0 Å². The Kier molecular flexibility index (Phi) is 3.19. The van der Waals surface area contributed by atoms with E-state index in [9.17, 15) is 10.2 Å². The Morgan fingerprint density at radius 1 is 1.05 bits per heavy atom. The van der Waals surface area contributed by atoms with E-state index in [1.54, 1.807) is 0 Å². The molecule has 2 N–H and O–H groups in total. The molecule has 0 heterocycles. The fourth-order valence-electron chi connectivity index (χ4n) is 7.00. The van der Waals surface area contributed by atoms with Gasteiger partial charge in [-0.15, -0.1) is 0 Å². The normalized spacial score (nSPS) is 51.6. The van der Waals surface area contributed by atoms with Crippen LogP contribution in [0.15, 0.2) is 11.8 Å². The van der Waals surface area contributed by atoms with Gasteiger partial charge in [0, 0.05) is 5.92 Å². The zero-order chi connectivity index (χ0) is 14.8. The van der Waals surface area contributed by atoms with Crippen LogP contribution in [-0.2, 0) is 0 Å². The highest BCUT2D eigenvalue weighted by Crippen LogP contribution is 2.61. The molecule has 2 nitrogen and oxygen atoms in total. The summed E-state index contributed by atoms with van der Waals surface area (Å²) >= 11 is 0. The number of aliphatic hydroxyl groups excluding tert-OH is 2. The summed E-state index contributed by atoms with van der Waals surface area (Å²) in [5, 5.41) is 20.3. The monoisotopic (exact) mass is 290 g/mol. The summed E-state index contributed by atoms with van der Waals surface area (Å²) in [6, 6.07) is 0. The maximum Gasteiger partial charge on any atom is 0.0916 e. The van der Waals surface area contributed by atoms with E-state index in [4.69, 9.17) is 0 Å². The van der Waals surface area contributed by atoms with E-state index in [0.29, 0.717) is 17.6 Å². The van der Waals surface area contributed by atoms with Gasteiger partial charge < -0.3 is 10.2 Å². The Labute approximate surface area is 128 Å². The summed E-state index contributed by atoms with van der Waals surface area (Å²) in [7, 11) is 0. The number of allylic oxidation sites excluding steroid dienone is 2. The molecular formula is C19H30O2. The molecule has 3 fully saturated rings. The molecule has 0 amide bonds. The second kappa shape index (κ2) is 4.75. The molecule has 0 aromatic rings. The second-order valence-electron chi connectivity index (χ2n) is 8.99. The highest BCUT2D eigenvalue weighted by Gasteiger charge is 2.54. The summed E-state index contributed by atoms with van der Waals surface area (Å²) in [4.78, 5) is 0. The minimum absolute atomic E-state index is 0.0775. The smallest absolute Gasteiger partial charge is 0.0916 e. The third kappa shape index (κ3) is 2.09. The zero-order valence-electron chi connectivity index (χ0n) is 13.5. The van der Waals surface area contributed by atoms with Crippen molar-refractivity contribution < 1.29 is 10.2 Å². The third-order valence-electron chi connectivity index (χ3n) is 7.49. The lowest BCUT2D eigenvalue weighted by atomic mass is 9.48. The van der Waals surface area contributed by atoms with E-state index in [2.05, 4.69) is 19.9 Å². The van der Waals surface area contributed by atoms with Crippen molar-refractivity contribution in [2.75, 3.05) is 0 Å². The van der Waals surface area contributed by atoms with E-state index < -0.39 is 0 Å². The molecule has 4 aliphatic carbocycles. The molecule has 0 radical (unpaired) electrons. The molecule has 0 aromatic heterocycles. The van der Waals surface area contributed by atoms with Crippen LogP contribution < -0.4 is 0 Å². The molecule has 0 aliphatic heterocycles. The van der Waals surface area contributed by atoms with Crippen molar-refractivity contribution in [2.24, 2.45) is 40.9 Å². The molecule has 0 saturated heterocycles. The predicted octanol–water partition coefficient (Wildman–Crippen LogP) is 4.30. The molecule has 0 bridgehead atoms. The summed E-state index contributed by atoms with van der Waals surface area (Å²) in [5.41, 5.74) is 0.284. The van der Waals surface area contributed by atoms with Crippen LogP contribution in [0.5, 0.6) is 0 Å². The summed E-state index contributed by atoms with van der Waals surface area (Å²) in [6.45, 7) is 4.79. The third-order valence-corrected chi connectivity index (χ3v) is 7.49. The van der Waals surface area contributed by atoms with Crippen LogP contribution >= 0.6 is 0 Å². The summed E-state index contributed by atoms with van der Waals surface area (Å²) in [6.07, 6.45) is 10.3. The second-order valence-corrected chi connectivity index (χ2v) is 8.99. The van der Waals surface area contributed by atoms with Crippen molar-refractivity contribution >= 4 is 0 Å². The Morgan fingerprint density at radius 3 is 2.62 bits per heavy atom. The Morgan fingerprint density at radius 2 is 1.81 bits per heavy atom. The van der Waals surface area contributed by atoms with Crippen LogP contribution in [0.4, 0.5) is 0 Å². The zero-order valence-corrected chi connectivity index (χ0v) is 13.5. The minimum atomic E-state index is -0.0775. The number of fused-ring (bicyclic) bond motifs is 5. The molecule has 3 saturated carbocycles. The van der Waals surface area contributed by atoms with Crippen LogP contribution in [0.1, 0.15) is 58.8 Å². The van der Waals surface area contributed by atoms with Crippen molar-refractivity contribution in [3.63, 3.8) is 0 Å². The van der Waals surface area contributed by atoms with Gasteiger partial charge in [0.05, 0.1) is 11.9 Å². The molecular weight excluding hydrogens is 260 g/mol. The molecule has 7 unspecified atom stereocenters. The first-order valence-electron chi connectivity index (χ1n) is 9.04. The average Bonchev–Trinajstić information content (AvgIpc) is 2.78. The molecule has 21 heavy (non-hydrogen) atoms. The van der Waals surface area contributed by atoms with E-state index in [-0.39, 0.29) is 11.5 Å². The molecule has 0 spiro atoms. The summed E-state index contributed by atoms with van der Waals surface area (Å²) < 4.78 is 0. The predicted molar refractivity (Wildman–Crippen MR) is 83.8 cm³/mol. The van der Waals surface area contributed by atoms with E-state index in [1.165, 1.54) is 25.7 Å². The first kappa shape index (κ1) is 14.1. The topological polar surface area (TPSA) is 40.5 Å². The molecule has 4 rings (SSSR count). The van der Waals surface area contributed by atoms with Gasteiger partial charge >= 0.3 is 0 Å². The van der Waals surface area contributed by atoms with Crippen LogP contribution in [0.25, 0.3) is 0 Å². The first-order valence-corrected chi connectivity index (χ1v) is 9.04. The van der Waals surface area contributed by atoms with E-state index >= 15 is 0 Å². The van der Waals surface area contributed by atoms with Crippen LogP contribution in [-0.4, -0.2) is 16.3 Å². The van der Waals surface area contributed by atoms with Gasteiger partial charge in [0.1, 0.15) is 0 Å². The fraction of sp³-hybridized carbons (Fsp3) is 0.895. The number of rotatable bonds is 0. The van der Waals surface area contributed by atoms with Gasteiger partial charge in [-0.1, -0.05) is 13.8 Å². The standard InChI is InChI=1S/C19H30O2/c1-19(2)10-12(20)9-11-3-4-14-13-7-8-17(21)15(13)5-6-16(14)18(11)19/h8,11-16,18,20-21H,3-7,9-10H2,1-2H3. The number of hydrogen-bond donors (Lipinski definition) is 2. The van der Waals surface area contributed by atoms with Crippen molar-refractivity contribution in [3.8, 4) is 0 Å². The Balaban J connectivity index is 1.61. The van der Waals surface area contributed by atoms with Gasteiger partial charge in [0.2, 0.25) is 0 Å². The minimum Gasteiger partial charge on any atom is -0.512 e. The van der Waals surface area contributed by atoms with Gasteiger partial charge in [0.15, 0.2) is 0 Å². The van der Waals surface area contributed by atoms with Crippen molar-refractivity contribution in [1.29, 1.82) is 0 Å². The fourth-order valence-corrected chi connectivity index (χ4v) is 7.00. The molecule has 2 heteroatoms. The van der Waals surface area contributed by atoms with E-state index in [1.807, 2.05) is 0 Å². The lowest BCUT2D eigenvalue weighted by Gasteiger charge is -2.58. The number of aliphatic hydroxyl groups is 2. The lowest BCUT2D eigenvalue weighted by Crippen LogP contribution is -2.52. The van der Waals surface area contributed by atoms with Crippen molar-refractivity contribution in [2.45, 2.75) is 64.9 Å². The van der Waals surface area contributed by atoms with Gasteiger partial charge in [0.25, 0.3) is 0 Å². The van der Waals surface area contributed by atoms with Crippen LogP contribution in [0.2, 0.25) is 0 Å². The quantitative estimate of drug-likeness (QED) is 0.698. The van der Waals surface area contributed by atoms with Gasteiger partial charge in [-0.3, -0.25) is 0 Å².